The molecule has 0 unspecified atom stereocenters. The number of rotatable bonds is 7. The molecule has 0 aliphatic heterocycles. The lowest BCUT2D eigenvalue weighted by atomic mass is 10.1. The fraction of sp³-hybridized carbons (Fsp3) is 0.562. The molecule has 23 heavy (non-hydrogen) atoms. The van der Waals surface area contributed by atoms with Gasteiger partial charge in [0.15, 0.2) is 0 Å². The lowest BCUT2D eigenvalue weighted by Crippen LogP contribution is -2.45. The largest absolute Gasteiger partial charge is 0.355 e. The molecule has 0 bridgehead atoms. The van der Waals surface area contributed by atoms with Gasteiger partial charge in [0, 0.05) is 12.6 Å². The molecule has 2 rings (SSSR count). The average Bonchev–Trinajstić information content (AvgIpc) is 2.99. The van der Waals surface area contributed by atoms with Crippen LogP contribution < -0.4 is 5.32 Å². The molecular weight excluding hydrogens is 319 g/mol. The second-order valence-electron chi connectivity index (χ2n) is 5.94. The fourth-order valence-corrected chi connectivity index (χ4v) is 4.05. The van der Waals surface area contributed by atoms with Crippen LogP contribution in [0.5, 0.6) is 0 Å². The van der Waals surface area contributed by atoms with Crippen LogP contribution in [0.25, 0.3) is 0 Å². The number of sulfonamides is 1. The number of halogens is 1. The maximum absolute atomic E-state index is 13.5. The lowest BCUT2D eigenvalue weighted by molar-refractivity contribution is -0.121. The smallest absolute Gasteiger partial charge is 0.235 e. The first-order valence-electron chi connectivity index (χ1n) is 7.85. The Labute approximate surface area is 136 Å². The standard InChI is InChI=1S/C16H23FN2O3S/c1-23(21,22)19(14-7-3-4-8-14)12-16(20)18-11-10-13-6-2-5-9-15(13)17/h2,5-6,9,14H,3-4,7-8,10-12H2,1H3,(H,18,20). The number of hydrogen-bond acceptors (Lipinski definition) is 3. The van der Waals surface area contributed by atoms with Gasteiger partial charge in [-0.05, 0) is 30.9 Å². The van der Waals surface area contributed by atoms with Crippen molar-refractivity contribution in [2.45, 2.75) is 38.1 Å². The van der Waals surface area contributed by atoms with Crippen LogP contribution in [-0.4, -0.2) is 44.0 Å². The maximum atomic E-state index is 13.5. The topological polar surface area (TPSA) is 66.5 Å². The van der Waals surface area contributed by atoms with Crippen LogP contribution in [-0.2, 0) is 21.2 Å². The van der Waals surface area contributed by atoms with Gasteiger partial charge in [-0.15, -0.1) is 0 Å². The van der Waals surface area contributed by atoms with Gasteiger partial charge >= 0.3 is 0 Å². The van der Waals surface area contributed by atoms with E-state index in [9.17, 15) is 17.6 Å². The van der Waals surface area contributed by atoms with Gasteiger partial charge in [0.05, 0.1) is 12.8 Å². The summed E-state index contributed by atoms with van der Waals surface area (Å²) in [6.07, 6.45) is 5.10. The summed E-state index contributed by atoms with van der Waals surface area (Å²) in [6.45, 7) is 0.114. The first-order chi connectivity index (χ1) is 10.9. The summed E-state index contributed by atoms with van der Waals surface area (Å²) in [5.74, 6) is -0.649. The Balaban J connectivity index is 1.86. The Kier molecular flexibility index (Phi) is 6.12. The van der Waals surface area contributed by atoms with Crippen molar-refractivity contribution < 1.29 is 17.6 Å². The van der Waals surface area contributed by atoms with Crippen molar-refractivity contribution in [2.75, 3.05) is 19.3 Å². The van der Waals surface area contributed by atoms with Crippen molar-refractivity contribution >= 4 is 15.9 Å². The van der Waals surface area contributed by atoms with Crippen LogP contribution in [0, 0.1) is 5.82 Å². The number of amides is 1. The summed E-state index contributed by atoms with van der Waals surface area (Å²) in [7, 11) is -3.41. The molecule has 0 spiro atoms. The van der Waals surface area contributed by atoms with E-state index in [2.05, 4.69) is 5.32 Å². The molecule has 7 heteroatoms. The Bertz CT molecular complexity index is 642. The van der Waals surface area contributed by atoms with Gasteiger partial charge in [-0.25, -0.2) is 12.8 Å². The normalized spacial score (nSPS) is 16.0. The minimum absolute atomic E-state index is 0.0812. The van der Waals surface area contributed by atoms with E-state index in [1.807, 2.05) is 0 Å². The number of nitrogens with one attached hydrogen (secondary N) is 1. The van der Waals surface area contributed by atoms with E-state index in [-0.39, 0.29) is 30.9 Å². The molecule has 128 valence electrons. The van der Waals surface area contributed by atoms with Gasteiger partial charge in [0.2, 0.25) is 15.9 Å². The molecule has 1 aromatic carbocycles. The number of nitrogens with zero attached hydrogens (tertiary/aromatic N) is 1. The van der Waals surface area contributed by atoms with Crippen molar-refractivity contribution in [1.29, 1.82) is 0 Å². The minimum Gasteiger partial charge on any atom is -0.355 e. The summed E-state index contributed by atoms with van der Waals surface area (Å²) in [5, 5.41) is 2.67. The van der Waals surface area contributed by atoms with Gasteiger partial charge in [-0.1, -0.05) is 31.0 Å². The summed E-state index contributed by atoms with van der Waals surface area (Å²) in [4.78, 5) is 12.0. The Morgan fingerprint density at radius 3 is 2.57 bits per heavy atom. The quantitative estimate of drug-likeness (QED) is 0.820. The van der Waals surface area contributed by atoms with Crippen LogP contribution >= 0.6 is 0 Å². The Morgan fingerprint density at radius 1 is 1.30 bits per heavy atom. The first-order valence-corrected chi connectivity index (χ1v) is 9.69. The molecule has 0 radical (unpaired) electrons. The van der Waals surface area contributed by atoms with Gasteiger partial charge < -0.3 is 5.32 Å². The zero-order chi connectivity index (χ0) is 16.9. The molecule has 0 aromatic heterocycles. The summed E-state index contributed by atoms with van der Waals surface area (Å²) in [6, 6.07) is 6.32. The second kappa shape index (κ2) is 7.88. The third-order valence-corrected chi connectivity index (χ3v) is 5.41. The van der Waals surface area contributed by atoms with E-state index < -0.39 is 10.0 Å². The van der Waals surface area contributed by atoms with Crippen molar-refractivity contribution in [3.05, 3.63) is 35.6 Å². The van der Waals surface area contributed by atoms with Crippen molar-refractivity contribution in [2.24, 2.45) is 0 Å². The fourth-order valence-electron chi connectivity index (χ4n) is 2.94. The molecule has 1 aliphatic carbocycles. The average molecular weight is 342 g/mol. The highest BCUT2D eigenvalue weighted by Gasteiger charge is 2.30. The maximum Gasteiger partial charge on any atom is 0.235 e. The zero-order valence-corrected chi connectivity index (χ0v) is 14.1. The second-order valence-corrected chi connectivity index (χ2v) is 7.87. The van der Waals surface area contributed by atoms with Gasteiger partial charge in [0.1, 0.15) is 5.82 Å². The molecule has 1 amide bonds. The van der Waals surface area contributed by atoms with Crippen molar-refractivity contribution in [1.82, 2.24) is 9.62 Å². The lowest BCUT2D eigenvalue weighted by Gasteiger charge is -2.25. The molecule has 1 fully saturated rings. The van der Waals surface area contributed by atoms with Gasteiger partial charge in [0.25, 0.3) is 0 Å². The van der Waals surface area contributed by atoms with Gasteiger partial charge in [-0.3, -0.25) is 4.79 Å². The predicted octanol–water partition coefficient (Wildman–Crippen LogP) is 1.69. The molecule has 1 aliphatic rings. The van der Waals surface area contributed by atoms with Crippen LogP contribution in [0.3, 0.4) is 0 Å². The number of carbonyl (C=O) groups excluding carboxylic acids is 1. The number of carbonyl (C=O) groups is 1. The van der Waals surface area contributed by atoms with Crippen LogP contribution in [0.2, 0.25) is 0 Å². The highest BCUT2D eigenvalue weighted by molar-refractivity contribution is 7.88. The predicted molar refractivity (Wildman–Crippen MR) is 86.9 cm³/mol. The van der Waals surface area contributed by atoms with E-state index in [1.54, 1.807) is 18.2 Å². The SMILES string of the molecule is CS(=O)(=O)N(CC(=O)NCCc1ccccc1F)C1CCCC1. The van der Waals surface area contributed by atoms with E-state index >= 15 is 0 Å². The molecule has 0 heterocycles. The van der Waals surface area contributed by atoms with Crippen LogP contribution in [0.1, 0.15) is 31.2 Å². The Hall–Kier alpha value is -1.47. The van der Waals surface area contributed by atoms with Crippen LogP contribution in [0.15, 0.2) is 24.3 Å². The van der Waals surface area contributed by atoms with Gasteiger partial charge in [-0.2, -0.15) is 4.31 Å². The van der Waals surface area contributed by atoms with E-state index in [0.717, 1.165) is 31.9 Å². The highest BCUT2D eigenvalue weighted by atomic mass is 32.2. The molecule has 1 N–H and O–H groups in total. The van der Waals surface area contributed by atoms with E-state index in [1.165, 1.54) is 10.4 Å². The first kappa shape index (κ1) is 17.9. The van der Waals surface area contributed by atoms with Crippen LogP contribution in [0.4, 0.5) is 4.39 Å². The molecule has 0 atom stereocenters. The molecule has 1 aromatic rings. The number of hydrogen-bond donors (Lipinski definition) is 1. The van der Waals surface area contributed by atoms with Crippen molar-refractivity contribution in [3.8, 4) is 0 Å². The molecule has 5 nitrogen and oxygen atoms in total. The molecular formula is C16H23FN2O3S. The molecule has 0 saturated heterocycles. The van der Waals surface area contributed by atoms with Crippen molar-refractivity contribution in [3.63, 3.8) is 0 Å². The third kappa shape index (κ3) is 5.28. The minimum atomic E-state index is -3.41. The Morgan fingerprint density at radius 2 is 1.96 bits per heavy atom. The zero-order valence-electron chi connectivity index (χ0n) is 13.3. The summed E-state index contributed by atoms with van der Waals surface area (Å²) < 4.78 is 38.6. The number of benzene rings is 1. The summed E-state index contributed by atoms with van der Waals surface area (Å²) in [5.41, 5.74) is 0.531. The highest BCUT2D eigenvalue weighted by Crippen LogP contribution is 2.25. The molecule has 1 saturated carbocycles. The van der Waals surface area contributed by atoms with E-state index in [0.29, 0.717) is 12.0 Å². The summed E-state index contributed by atoms with van der Waals surface area (Å²) >= 11 is 0. The monoisotopic (exact) mass is 342 g/mol. The third-order valence-electron chi connectivity index (χ3n) is 4.13. The van der Waals surface area contributed by atoms with E-state index in [4.69, 9.17) is 0 Å².